The highest BCUT2D eigenvalue weighted by Crippen LogP contribution is 2.22. The first kappa shape index (κ1) is 10.2. The maximum Gasteiger partial charge on any atom is 0.146 e. The lowest BCUT2D eigenvalue weighted by molar-refractivity contribution is 0.407. The van der Waals surface area contributed by atoms with Gasteiger partial charge in [-0.15, -0.1) is 0 Å². The van der Waals surface area contributed by atoms with Crippen molar-refractivity contribution in [3.8, 4) is 0 Å². The van der Waals surface area contributed by atoms with Crippen LogP contribution in [0.25, 0.3) is 0 Å². The van der Waals surface area contributed by atoms with Crippen molar-refractivity contribution in [2.45, 2.75) is 25.9 Å². The summed E-state index contributed by atoms with van der Waals surface area (Å²) >= 11 is 0. The summed E-state index contributed by atoms with van der Waals surface area (Å²) in [4.78, 5) is 6.42. The van der Waals surface area contributed by atoms with Crippen LogP contribution < -0.4 is 16.0 Å². The fourth-order valence-corrected chi connectivity index (χ4v) is 2.20. The van der Waals surface area contributed by atoms with E-state index in [-0.39, 0.29) is 0 Å². The van der Waals surface area contributed by atoms with Crippen LogP contribution in [-0.4, -0.2) is 30.2 Å². The average Bonchev–Trinajstić information content (AvgIpc) is 2.16. The first-order valence-corrected chi connectivity index (χ1v) is 5.38. The molecule has 0 bridgehead atoms. The maximum atomic E-state index is 5.87. The third-order valence-electron chi connectivity index (χ3n) is 2.71. The summed E-state index contributed by atoms with van der Waals surface area (Å²) in [5.74, 6) is 0.624. The van der Waals surface area contributed by atoms with Crippen molar-refractivity contribution in [3.05, 3.63) is 18.3 Å². The summed E-state index contributed by atoms with van der Waals surface area (Å²) in [5.41, 5.74) is 6.92. The maximum absolute atomic E-state index is 5.87. The van der Waals surface area contributed by atoms with Crippen LogP contribution in [0, 0.1) is 0 Å². The van der Waals surface area contributed by atoms with Crippen LogP contribution in [0.3, 0.4) is 0 Å². The molecule has 15 heavy (non-hydrogen) atoms. The molecule has 2 atom stereocenters. The van der Waals surface area contributed by atoms with Gasteiger partial charge >= 0.3 is 0 Å². The van der Waals surface area contributed by atoms with Crippen LogP contribution in [0.15, 0.2) is 18.3 Å². The Morgan fingerprint density at radius 2 is 2.07 bits per heavy atom. The van der Waals surface area contributed by atoms with Crippen molar-refractivity contribution in [1.82, 2.24) is 10.3 Å². The normalized spacial score (nSPS) is 26.7. The van der Waals surface area contributed by atoms with E-state index in [1.807, 2.05) is 12.1 Å². The molecule has 4 heteroatoms. The van der Waals surface area contributed by atoms with E-state index in [0.717, 1.165) is 18.8 Å². The van der Waals surface area contributed by atoms with Crippen molar-refractivity contribution in [2.75, 3.05) is 23.7 Å². The van der Waals surface area contributed by atoms with Gasteiger partial charge in [0.2, 0.25) is 0 Å². The first-order chi connectivity index (χ1) is 7.16. The molecule has 1 saturated heterocycles. The smallest absolute Gasteiger partial charge is 0.146 e. The quantitative estimate of drug-likeness (QED) is 0.715. The number of nitrogen functional groups attached to an aromatic ring is 1. The molecule has 1 fully saturated rings. The van der Waals surface area contributed by atoms with Gasteiger partial charge in [0, 0.05) is 31.4 Å². The molecule has 0 spiro atoms. The predicted molar refractivity (Wildman–Crippen MR) is 62.9 cm³/mol. The third-order valence-corrected chi connectivity index (χ3v) is 2.71. The first-order valence-electron chi connectivity index (χ1n) is 5.38. The van der Waals surface area contributed by atoms with Gasteiger partial charge in [0.05, 0.1) is 5.69 Å². The van der Waals surface area contributed by atoms with E-state index in [2.05, 4.69) is 29.0 Å². The molecular weight excluding hydrogens is 188 g/mol. The minimum atomic E-state index is 0.494. The molecule has 1 aliphatic heterocycles. The topological polar surface area (TPSA) is 54.2 Å². The van der Waals surface area contributed by atoms with Gasteiger partial charge in [-0.1, -0.05) is 0 Å². The van der Waals surface area contributed by atoms with Crippen molar-refractivity contribution in [1.29, 1.82) is 0 Å². The third kappa shape index (κ3) is 2.21. The summed E-state index contributed by atoms with van der Waals surface area (Å²) in [6.45, 7) is 6.35. The molecule has 4 nitrogen and oxygen atoms in total. The minimum absolute atomic E-state index is 0.494. The average molecular weight is 206 g/mol. The van der Waals surface area contributed by atoms with Gasteiger partial charge in [0.15, 0.2) is 0 Å². The van der Waals surface area contributed by atoms with E-state index in [0.29, 0.717) is 17.9 Å². The highest BCUT2D eigenvalue weighted by molar-refractivity contribution is 5.63. The van der Waals surface area contributed by atoms with Gasteiger partial charge in [-0.2, -0.15) is 0 Å². The van der Waals surface area contributed by atoms with E-state index in [4.69, 9.17) is 5.73 Å². The Kier molecular flexibility index (Phi) is 2.77. The van der Waals surface area contributed by atoms with Gasteiger partial charge in [0.25, 0.3) is 0 Å². The fraction of sp³-hybridized carbons (Fsp3) is 0.545. The van der Waals surface area contributed by atoms with E-state index >= 15 is 0 Å². The Balaban J connectivity index is 2.20. The largest absolute Gasteiger partial charge is 0.382 e. The van der Waals surface area contributed by atoms with Crippen LogP contribution in [0.5, 0.6) is 0 Å². The number of aromatic nitrogens is 1. The number of anilines is 2. The number of nitrogens with one attached hydrogen (secondary N) is 1. The van der Waals surface area contributed by atoms with Gasteiger partial charge in [-0.25, -0.2) is 4.98 Å². The molecule has 0 radical (unpaired) electrons. The fourth-order valence-electron chi connectivity index (χ4n) is 2.20. The van der Waals surface area contributed by atoms with Gasteiger partial charge in [-0.05, 0) is 26.0 Å². The molecule has 0 unspecified atom stereocenters. The second kappa shape index (κ2) is 4.06. The van der Waals surface area contributed by atoms with Crippen LogP contribution in [0.1, 0.15) is 13.8 Å². The van der Waals surface area contributed by atoms with Gasteiger partial charge in [-0.3, -0.25) is 0 Å². The zero-order valence-electron chi connectivity index (χ0n) is 9.27. The highest BCUT2D eigenvalue weighted by Gasteiger charge is 2.22. The molecule has 82 valence electrons. The number of rotatable bonds is 1. The molecule has 0 amide bonds. The lowest BCUT2D eigenvalue weighted by Crippen LogP contribution is -2.54. The molecule has 0 aliphatic carbocycles. The number of hydrogen-bond donors (Lipinski definition) is 2. The Labute approximate surface area is 90.5 Å². The van der Waals surface area contributed by atoms with Gasteiger partial charge < -0.3 is 16.0 Å². The number of piperazine rings is 1. The van der Waals surface area contributed by atoms with Gasteiger partial charge in [0.1, 0.15) is 5.82 Å². The second-order valence-electron chi connectivity index (χ2n) is 4.28. The Morgan fingerprint density at radius 1 is 1.40 bits per heavy atom. The summed E-state index contributed by atoms with van der Waals surface area (Å²) in [6, 6.07) is 4.96. The van der Waals surface area contributed by atoms with Crippen LogP contribution >= 0.6 is 0 Å². The number of pyridine rings is 1. The molecule has 1 aromatic heterocycles. The molecule has 1 aliphatic rings. The second-order valence-corrected chi connectivity index (χ2v) is 4.28. The molecule has 0 aromatic carbocycles. The number of hydrogen-bond acceptors (Lipinski definition) is 4. The zero-order chi connectivity index (χ0) is 10.8. The van der Waals surface area contributed by atoms with E-state index in [1.54, 1.807) is 6.20 Å². The summed E-state index contributed by atoms with van der Waals surface area (Å²) in [5, 5.41) is 3.50. The predicted octanol–water partition coefficient (Wildman–Crippen LogP) is 0.850. The Hall–Kier alpha value is -1.29. The minimum Gasteiger partial charge on any atom is -0.382 e. The standard InChI is InChI=1S/C11H18N4/c1-8-6-15(7-9(2)14-8)10-4-3-5-13-11(10)12/h3-5,8-9,14H,6-7H2,1-2H3,(H2,12,13)/t8-,9+. The van der Waals surface area contributed by atoms with Crippen LogP contribution in [0.4, 0.5) is 11.5 Å². The van der Waals surface area contributed by atoms with Crippen molar-refractivity contribution in [3.63, 3.8) is 0 Å². The van der Waals surface area contributed by atoms with E-state index in [9.17, 15) is 0 Å². The Bertz CT molecular complexity index is 329. The molecular formula is C11H18N4. The molecule has 2 heterocycles. The molecule has 3 N–H and O–H groups in total. The van der Waals surface area contributed by atoms with Crippen LogP contribution in [0.2, 0.25) is 0 Å². The molecule has 1 aromatic rings. The van der Waals surface area contributed by atoms with Crippen molar-refractivity contribution in [2.24, 2.45) is 0 Å². The summed E-state index contributed by atoms with van der Waals surface area (Å²) in [6.07, 6.45) is 1.73. The zero-order valence-corrected chi connectivity index (χ0v) is 9.27. The lowest BCUT2D eigenvalue weighted by atomic mass is 10.1. The van der Waals surface area contributed by atoms with E-state index < -0.39 is 0 Å². The Morgan fingerprint density at radius 3 is 2.67 bits per heavy atom. The monoisotopic (exact) mass is 206 g/mol. The number of nitrogens with two attached hydrogens (primary N) is 1. The summed E-state index contributed by atoms with van der Waals surface area (Å²) < 4.78 is 0. The number of nitrogens with zero attached hydrogens (tertiary/aromatic N) is 2. The SMILES string of the molecule is C[C@@H]1CN(c2cccnc2N)C[C@H](C)N1. The molecule has 2 rings (SSSR count). The van der Waals surface area contributed by atoms with Crippen molar-refractivity contribution < 1.29 is 0 Å². The van der Waals surface area contributed by atoms with Crippen molar-refractivity contribution >= 4 is 11.5 Å². The molecule has 0 saturated carbocycles. The lowest BCUT2D eigenvalue weighted by Gasteiger charge is -2.37. The highest BCUT2D eigenvalue weighted by atomic mass is 15.2. The summed E-state index contributed by atoms with van der Waals surface area (Å²) in [7, 11) is 0. The van der Waals surface area contributed by atoms with Crippen LogP contribution in [-0.2, 0) is 0 Å². The van der Waals surface area contributed by atoms with E-state index in [1.165, 1.54) is 0 Å².